The zero-order valence-electron chi connectivity index (χ0n) is 8.98. The third kappa shape index (κ3) is 2.39. The van der Waals surface area contributed by atoms with E-state index in [1.165, 1.54) is 12.8 Å². The molecule has 1 saturated heterocycles. The minimum Gasteiger partial charge on any atom is -0.504 e. The van der Waals surface area contributed by atoms with Crippen LogP contribution in [0.4, 0.5) is 5.82 Å². The maximum Gasteiger partial charge on any atom is 0.170 e. The number of aromatic nitrogens is 1. The molecule has 15 heavy (non-hydrogen) atoms. The minimum absolute atomic E-state index is 0.248. The topological polar surface area (TPSA) is 48.4 Å². The quantitative estimate of drug-likeness (QED) is 0.775. The van der Waals surface area contributed by atoms with Gasteiger partial charge in [-0.3, -0.25) is 0 Å². The van der Waals surface area contributed by atoms with Gasteiger partial charge < -0.3 is 15.3 Å². The van der Waals surface area contributed by atoms with E-state index in [0.29, 0.717) is 11.9 Å². The molecule has 2 heterocycles. The molecular formula is C11H17N3O. The Morgan fingerprint density at radius 1 is 1.67 bits per heavy atom. The number of nitrogens with zero attached hydrogens (tertiary/aromatic N) is 2. The Morgan fingerprint density at radius 3 is 3.20 bits per heavy atom. The number of aromatic hydroxyl groups is 1. The van der Waals surface area contributed by atoms with Crippen molar-refractivity contribution in [3.05, 3.63) is 18.3 Å². The lowest BCUT2D eigenvalue weighted by molar-refractivity contribution is 0.470. The number of hydrogen-bond acceptors (Lipinski definition) is 4. The second-order valence-electron chi connectivity index (χ2n) is 4.02. The molecule has 0 aromatic carbocycles. The van der Waals surface area contributed by atoms with Crippen LogP contribution in [0, 0.1) is 0 Å². The van der Waals surface area contributed by atoms with Crippen molar-refractivity contribution in [3.8, 4) is 5.75 Å². The van der Waals surface area contributed by atoms with Gasteiger partial charge in [-0.1, -0.05) is 0 Å². The normalized spacial score (nSPS) is 20.5. The summed E-state index contributed by atoms with van der Waals surface area (Å²) in [4.78, 5) is 6.17. The van der Waals surface area contributed by atoms with Gasteiger partial charge in [0.1, 0.15) is 0 Å². The molecule has 0 amide bonds. The van der Waals surface area contributed by atoms with Crippen LogP contribution >= 0.6 is 0 Å². The van der Waals surface area contributed by atoms with Crippen LogP contribution in [0.3, 0.4) is 0 Å². The molecule has 0 aliphatic carbocycles. The lowest BCUT2D eigenvalue weighted by Crippen LogP contribution is -2.35. The molecule has 4 heteroatoms. The Bertz CT molecular complexity index is 323. The van der Waals surface area contributed by atoms with Crippen LogP contribution in [0.2, 0.25) is 0 Å². The van der Waals surface area contributed by atoms with Gasteiger partial charge in [0, 0.05) is 25.8 Å². The van der Waals surface area contributed by atoms with Crippen LogP contribution in [0.5, 0.6) is 5.75 Å². The number of pyridine rings is 1. The molecule has 0 radical (unpaired) electrons. The van der Waals surface area contributed by atoms with Gasteiger partial charge in [0.25, 0.3) is 0 Å². The highest BCUT2D eigenvalue weighted by molar-refractivity contribution is 5.50. The molecule has 0 unspecified atom stereocenters. The van der Waals surface area contributed by atoms with Crippen LogP contribution in [-0.4, -0.2) is 36.3 Å². The smallest absolute Gasteiger partial charge is 0.170 e. The van der Waals surface area contributed by atoms with Crippen LogP contribution in [-0.2, 0) is 0 Å². The first-order chi connectivity index (χ1) is 7.27. The summed E-state index contributed by atoms with van der Waals surface area (Å²) in [5.74, 6) is 0.907. The zero-order chi connectivity index (χ0) is 10.7. The summed E-state index contributed by atoms with van der Waals surface area (Å²) < 4.78 is 0. The fourth-order valence-corrected chi connectivity index (χ4v) is 2.01. The Balaban J connectivity index is 2.00. The maximum absolute atomic E-state index is 9.63. The molecule has 1 aromatic heterocycles. The zero-order valence-corrected chi connectivity index (χ0v) is 8.98. The molecule has 82 valence electrons. The molecule has 1 aliphatic rings. The van der Waals surface area contributed by atoms with Gasteiger partial charge in [-0.15, -0.1) is 0 Å². The number of nitrogens with one attached hydrogen (secondary N) is 1. The average molecular weight is 207 g/mol. The Morgan fingerprint density at radius 2 is 2.53 bits per heavy atom. The van der Waals surface area contributed by atoms with E-state index in [1.54, 1.807) is 18.3 Å². The average Bonchev–Trinajstić information content (AvgIpc) is 2.71. The standard InChI is InChI=1S/C11H17N3O/c1-14(8-9-4-2-6-12-9)11-10(15)5-3-7-13-11/h3,5,7,9,12,15H,2,4,6,8H2,1H3/t9-/m1/s1. The highest BCUT2D eigenvalue weighted by Crippen LogP contribution is 2.22. The third-order valence-corrected chi connectivity index (χ3v) is 2.78. The van der Waals surface area contributed by atoms with Gasteiger partial charge in [-0.2, -0.15) is 0 Å². The summed E-state index contributed by atoms with van der Waals surface area (Å²) in [5, 5.41) is 13.1. The molecular weight excluding hydrogens is 190 g/mol. The summed E-state index contributed by atoms with van der Waals surface area (Å²) in [6.45, 7) is 2.00. The lowest BCUT2D eigenvalue weighted by atomic mass is 10.2. The van der Waals surface area contributed by atoms with Gasteiger partial charge in [0.15, 0.2) is 11.6 Å². The van der Waals surface area contributed by atoms with E-state index in [0.717, 1.165) is 13.1 Å². The second-order valence-corrected chi connectivity index (χ2v) is 4.02. The number of hydrogen-bond donors (Lipinski definition) is 2. The molecule has 1 aromatic rings. The van der Waals surface area contributed by atoms with Crippen molar-refractivity contribution in [2.75, 3.05) is 25.0 Å². The van der Waals surface area contributed by atoms with Crippen LogP contribution < -0.4 is 10.2 Å². The van der Waals surface area contributed by atoms with E-state index in [9.17, 15) is 5.11 Å². The van der Waals surface area contributed by atoms with E-state index < -0.39 is 0 Å². The van der Waals surface area contributed by atoms with Crippen molar-refractivity contribution in [2.24, 2.45) is 0 Å². The molecule has 1 aliphatic heterocycles. The van der Waals surface area contributed by atoms with E-state index in [-0.39, 0.29) is 5.75 Å². The van der Waals surface area contributed by atoms with Gasteiger partial charge in [0.2, 0.25) is 0 Å². The van der Waals surface area contributed by atoms with Crippen molar-refractivity contribution in [2.45, 2.75) is 18.9 Å². The summed E-state index contributed by atoms with van der Waals surface area (Å²) in [6.07, 6.45) is 4.15. The van der Waals surface area contributed by atoms with Crippen molar-refractivity contribution >= 4 is 5.82 Å². The van der Waals surface area contributed by atoms with Crippen molar-refractivity contribution in [1.29, 1.82) is 0 Å². The fourth-order valence-electron chi connectivity index (χ4n) is 2.01. The van der Waals surface area contributed by atoms with Gasteiger partial charge in [-0.05, 0) is 31.5 Å². The molecule has 4 nitrogen and oxygen atoms in total. The molecule has 2 N–H and O–H groups in total. The first-order valence-electron chi connectivity index (χ1n) is 5.36. The number of likely N-dealkylation sites (N-methyl/N-ethyl adjacent to an activating group) is 1. The fraction of sp³-hybridized carbons (Fsp3) is 0.545. The first kappa shape index (κ1) is 10.2. The van der Waals surface area contributed by atoms with E-state index >= 15 is 0 Å². The van der Waals surface area contributed by atoms with Crippen LogP contribution in [0.25, 0.3) is 0 Å². The minimum atomic E-state index is 0.248. The predicted octanol–water partition coefficient (Wildman–Crippen LogP) is 0.975. The summed E-state index contributed by atoms with van der Waals surface area (Å²) in [6, 6.07) is 3.93. The SMILES string of the molecule is CN(C[C@H]1CCCN1)c1ncccc1O. The number of anilines is 1. The van der Waals surface area contributed by atoms with Crippen LogP contribution in [0.15, 0.2) is 18.3 Å². The molecule has 2 rings (SSSR count). The summed E-state index contributed by atoms with van der Waals surface area (Å²) in [5.41, 5.74) is 0. The van der Waals surface area contributed by atoms with E-state index in [4.69, 9.17) is 0 Å². The van der Waals surface area contributed by atoms with Gasteiger partial charge in [0.05, 0.1) is 0 Å². The molecule has 1 fully saturated rings. The van der Waals surface area contributed by atoms with Gasteiger partial charge >= 0.3 is 0 Å². The largest absolute Gasteiger partial charge is 0.504 e. The van der Waals surface area contributed by atoms with Crippen molar-refractivity contribution < 1.29 is 5.11 Å². The second kappa shape index (κ2) is 4.49. The van der Waals surface area contributed by atoms with E-state index in [1.807, 2.05) is 11.9 Å². The Kier molecular flexibility index (Phi) is 3.06. The van der Waals surface area contributed by atoms with Gasteiger partial charge in [-0.25, -0.2) is 4.98 Å². The maximum atomic E-state index is 9.63. The summed E-state index contributed by atoms with van der Waals surface area (Å²) >= 11 is 0. The molecule has 1 atom stereocenters. The summed E-state index contributed by atoms with van der Waals surface area (Å²) in [7, 11) is 1.96. The third-order valence-electron chi connectivity index (χ3n) is 2.78. The Labute approximate surface area is 89.9 Å². The first-order valence-corrected chi connectivity index (χ1v) is 5.36. The monoisotopic (exact) mass is 207 g/mol. The molecule has 0 saturated carbocycles. The highest BCUT2D eigenvalue weighted by atomic mass is 16.3. The van der Waals surface area contributed by atoms with Crippen molar-refractivity contribution in [1.82, 2.24) is 10.3 Å². The molecule has 0 spiro atoms. The van der Waals surface area contributed by atoms with Crippen molar-refractivity contribution in [3.63, 3.8) is 0 Å². The van der Waals surface area contributed by atoms with E-state index in [2.05, 4.69) is 10.3 Å². The predicted molar refractivity (Wildman–Crippen MR) is 60.2 cm³/mol. The molecule has 0 bridgehead atoms. The Hall–Kier alpha value is -1.29. The number of rotatable bonds is 3. The lowest BCUT2D eigenvalue weighted by Gasteiger charge is -2.22. The highest BCUT2D eigenvalue weighted by Gasteiger charge is 2.17. The van der Waals surface area contributed by atoms with Crippen LogP contribution in [0.1, 0.15) is 12.8 Å².